The number of hydrogen-bond acceptors (Lipinski definition) is 3. The summed E-state index contributed by atoms with van der Waals surface area (Å²) in [5, 5.41) is 9.05. The summed E-state index contributed by atoms with van der Waals surface area (Å²) in [5.41, 5.74) is 1.27. The van der Waals surface area contributed by atoms with Crippen molar-refractivity contribution in [2.75, 3.05) is 31.7 Å². The zero-order valence-electron chi connectivity index (χ0n) is 10.2. The van der Waals surface area contributed by atoms with Gasteiger partial charge in [-0.1, -0.05) is 15.9 Å². The van der Waals surface area contributed by atoms with Crippen LogP contribution in [0.2, 0.25) is 0 Å². The number of halogens is 1. The van der Waals surface area contributed by atoms with Crippen LogP contribution < -0.4 is 4.90 Å². The number of anilines is 1. The molecule has 0 amide bonds. The molecule has 1 aliphatic heterocycles. The molecule has 0 bridgehead atoms. The Labute approximate surface area is 115 Å². The fourth-order valence-corrected chi connectivity index (χ4v) is 2.80. The Balaban J connectivity index is 2.16. The van der Waals surface area contributed by atoms with Crippen LogP contribution in [-0.2, 0) is 4.74 Å². The normalized spacial score (nSPS) is 19.2. The molecule has 0 saturated carbocycles. The average Bonchev–Trinajstić information content (AvgIpc) is 2.77. The molecule has 1 N–H and O–H groups in total. The summed E-state index contributed by atoms with van der Waals surface area (Å²) in [6.45, 7) is 2.63. The molecule has 1 heterocycles. The van der Waals surface area contributed by atoms with E-state index in [1.165, 1.54) is 0 Å². The van der Waals surface area contributed by atoms with E-state index in [1.807, 2.05) is 6.07 Å². The summed E-state index contributed by atoms with van der Waals surface area (Å²) < 4.78 is 5.96. The van der Waals surface area contributed by atoms with Crippen molar-refractivity contribution in [3.05, 3.63) is 28.2 Å². The third-order valence-corrected chi connectivity index (χ3v) is 3.64. The monoisotopic (exact) mass is 313 g/mol. The number of carboxylic acid groups (broad SMARTS) is 1. The van der Waals surface area contributed by atoms with Crippen LogP contribution in [0.5, 0.6) is 0 Å². The first kappa shape index (κ1) is 13.4. The highest BCUT2D eigenvalue weighted by atomic mass is 79.9. The van der Waals surface area contributed by atoms with Crippen molar-refractivity contribution in [2.45, 2.75) is 6.42 Å². The fourth-order valence-electron chi connectivity index (χ4n) is 2.32. The summed E-state index contributed by atoms with van der Waals surface area (Å²) in [6.07, 6.45) is 1.09. The Morgan fingerprint density at radius 3 is 3.00 bits per heavy atom. The van der Waals surface area contributed by atoms with E-state index in [0.717, 1.165) is 36.3 Å². The summed E-state index contributed by atoms with van der Waals surface area (Å²) in [7, 11) is 1.71. The standard InChI is InChI=1S/C13H16BrNO3/c1-18-8-9-2-3-15(7-9)12-5-10(13(16)17)4-11(14)6-12/h4-6,9H,2-3,7-8H2,1H3,(H,16,17). The second-order valence-corrected chi connectivity index (χ2v) is 5.47. The minimum absolute atomic E-state index is 0.314. The van der Waals surface area contributed by atoms with E-state index in [9.17, 15) is 4.79 Å². The molecule has 1 aliphatic rings. The Kier molecular flexibility index (Phi) is 4.24. The zero-order chi connectivity index (χ0) is 13.1. The quantitative estimate of drug-likeness (QED) is 0.928. The maximum Gasteiger partial charge on any atom is 0.335 e. The summed E-state index contributed by atoms with van der Waals surface area (Å²) >= 11 is 3.36. The molecule has 0 aliphatic carbocycles. The van der Waals surface area contributed by atoms with E-state index >= 15 is 0 Å². The van der Waals surface area contributed by atoms with Crippen LogP contribution in [0.25, 0.3) is 0 Å². The third kappa shape index (κ3) is 3.03. The minimum Gasteiger partial charge on any atom is -0.478 e. The maximum absolute atomic E-state index is 11.0. The van der Waals surface area contributed by atoms with Crippen molar-refractivity contribution in [2.24, 2.45) is 5.92 Å². The number of hydrogen-bond donors (Lipinski definition) is 1. The summed E-state index contributed by atoms with van der Waals surface area (Å²) in [4.78, 5) is 13.2. The first-order chi connectivity index (χ1) is 8.60. The lowest BCUT2D eigenvalue weighted by Gasteiger charge is -2.19. The SMILES string of the molecule is COCC1CCN(c2cc(Br)cc(C(=O)O)c2)C1. The van der Waals surface area contributed by atoms with Gasteiger partial charge < -0.3 is 14.7 Å². The molecule has 5 heteroatoms. The lowest BCUT2D eigenvalue weighted by atomic mass is 10.1. The van der Waals surface area contributed by atoms with Crippen molar-refractivity contribution >= 4 is 27.6 Å². The third-order valence-electron chi connectivity index (χ3n) is 3.18. The van der Waals surface area contributed by atoms with Crippen LogP contribution in [0, 0.1) is 5.92 Å². The van der Waals surface area contributed by atoms with Gasteiger partial charge in [-0.15, -0.1) is 0 Å². The van der Waals surface area contributed by atoms with Gasteiger partial charge in [-0.2, -0.15) is 0 Å². The van der Waals surface area contributed by atoms with Crippen LogP contribution in [0.15, 0.2) is 22.7 Å². The second-order valence-electron chi connectivity index (χ2n) is 4.56. The number of rotatable bonds is 4. The summed E-state index contributed by atoms with van der Waals surface area (Å²) in [5.74, 6) is -0.368. The molecular weight excluding hydrogens is 298 g/mol. The number of nitrogens with zero attached hydrogens (tertiary/aromatic N) is 1. The number of carboxylic acids is 1. The number of carbonyl (C=O) groups is 1. The predicted molar refractivity (Wildman–Crippen MR) is 73.3 cm³/mol. The Morgan fingerprint density at radius 1 is 1.56 bits per heavy atom. The fraction of sp³-hybridized carbons (Fsp3) is 0.462. The number of ether oxygens (including phenoxy) is 1. The lowest BCUT2D eigenvalue weighted by molar-refractivity contribution is 0.0697. The highest BCUT2D eigenvalue weighted by molar-refractivity contribution is 9.10. The van der Waals surface area contributed by atoms with Gasteiger partial charge in [0.2, 0.25) is 0 Å². The van der Waals surface area contributed by atoms with Crippen molar-refractivity contribution < 1.29 is 14.6 Å². The Hall–Kier alpha value is -1.07. The molecule has 0 radical (unpaired) electrons. The zero-order valence-corrected chi connectivity index (χ0v) is 11.8. The van der Waals surface area contributed by atoms with Crippen molar-refractivity contribution in [3.8, 4) is 0 Å². The predicted octanol–water partition coefficient (Wildman–Crippen LogP) is 2.62. The van der Waals surface area contributed by atoms with E-state index in [1.54, 1.807) is 19.2 Å². The molecule has 0 aromatic heterocycles. The van der Waals surface area contributed by atoms with Crippen molar-refractivity contribution in [3.63, 3.8) is 0 Å². The molecule has 4 nitrogen and oxygen atoms in total. The molecule has 1 saturated heterocycles. The highest BCUT2D eigenvalue weighted by Crippen LogP contribution is 2.28. The molecule has 1 fully saturated rings. The number of benzene rings is 1. The smallest absolute Gasteiger partial charge is 0.335 e. The summed E-state index contributed by atoms with van der Waals surface area (Å²) in [6, 6.07) is 5.30. The van der Waals surface area contributed by atoms with E-state index in [0.29, 0.717) is 11.5 Å². The van der Waals surface area contributed by atoms with E-state index in [2.05, 4.69) is 20.8 Å². The maximum atomic E-state index is 11.0. The van der Waals surface area contributed by atoms with E-state index in [-0.39, 0.29) is 0 Å². The molecular formula is C13H16BrNO3. The van der Waals surface area contributed by atoms with Gasteiger partial charge in [-0.05, 0) is 24.6 Å². The van der Waals surface area contributed by atoms with Gasteiger partial charge in [-0.3, -0.25) is 0 Å². The molecule has 1 atom stereocenters. The first-order valence-corrected chi connectivity index (χ1v) is 6.67. The van der Waals surface area contributed by atoms with Gasteiger partial charge in [-0.25, -0.2) is 4.79 Å². The molecule has 0 spiro atoms. The molecule has 18 heavy (non-hydrogen) atoms. The molecule has 1 unspecified atom stereocenters. The molecule has 98 valence electrons. The van der Waals surface area contributed by atoms with Gasteiger partial charge in [0, 0.05) is 36.3 Å². The number of aromatic carboxylic acids is 1. The highest BCUT2D eigenvalue weighted by Gasteiger charge is 2.23. The molecule has 1 aromatic carbocycles. The van der Waals surface area contributed by atoms with Gasteiger partial charge in [0.15, 0.2) is 0 Å². The van der Waals surface area contributed by atoms with E-state index in [4.69, 9.17) is 9.84 Å². The lowest BCUT2D eigenvalue weighted by Crippen LogP contribution is -2.21. The van der Waals surface area contributed by atoms with Gasteiger partial charge >= 0.3 is 5.97 Å². The molecule has 1 aromatic rings. The largest absolute Gasteiger partial charge is 0.478 e. The first-order valence-electron chi connectivity index (χ1n) is 5.88. The van der Waals surface area contributed by atoms with Crippen LogP contribution in [0.4, 0.5) is 5.69 Å². The van der Waals surface area contributed by atoms with Gasteiger partial charge in [0.05, 0.1) is 12.2 Å². The van der Waals surface area contributed by atoms with Gasteiger partial charge in [0.25, 0.3) is 0 Å². The van der Waals surface area contributed by atoms with E-state index < -0.39 is 5.97 Å². The van der Waals surface area contributed by atoms with Crippen LogP contribution in [0.1, 0.15) is 16.8 Å². The minimum atomic E-state index is -0.898. The Bertz CT molecular complexity index is 450. The van der Waals surface area contributed by atoms with Crippen LogP contribution >= 0.6 is 15.9 Å². The second kappa shape index (κ2) is 5.71. The van der Waals surface area contributed by atoms with Crippen LogP contribution in [-0.4, -0.2) is 37.9 Å². The van der Waals surface area contributed by atoms with Crippen molar-refractivity contribution in [1.82, 2.24) is 0 Å². The topological polar surface area (TPSA) is 49.8 Å². The van der Waals surface area contributed by atoms with Crippen molar-refractivity contribution in [1.29, 1.82) is 0 Å². The average molecular weight is 314 g/mol. The van der Waals surface area contributed by atoms with Gasteiger partial charge in [0.1, 0.15) is 0 Å². The number of methoxy groups -OCH3 is 1. The Morgan fingerprint density at radius 2 is 2.33 bits per heavy atom. The molecule has 2 rings (SSSR count). The van der Waals surface area contributed by atoms with Crippen LogP contribution in [0.3, 0.4) is 0 Å².